The van der Waals surface area contributed by atoms with E-state index >= 15 is 0 Å². The Morgan fingerprint density at radius 3 is 2.24 bits per heavy atom. The molecular formula is C26H28ClN3O4. The number of hydrogen-bond acceptors (Lipinski definition) is 5. The Balaban J connectivity index is 1.65. The van der Waals surface area contributed by atoms with E-state index in [1.165, 1.54) is 6.07 Å². The highest BCUT2D eigenvalue weighted by molar-refractivity contribution is 6.30. The summed E-state index contributed by atoms with van der Waals surface area (Å²) in [4.78, 5) is 27.0. The van der Waals surface area contributed by atoms with Gasteiger partial charge in [0, 0.05) is 23.7 Å². The summed E-state index contributed by atoms with van der Waals surface area (Å²) in [6.45, 7) is 4.30. The predicted octanol–water partition coefficient (Wildman–Crippen LogP) is 5.52. The van der Waals surface area contributed by atoms with Gasteiger partial charge in [-0.05, 0) is 61.4 Å². The normalized spacial score (nSPS) is 12.5. The zero-order valence-electron chi connectivity index (χ0n) is 19.1. The molecule has 0 unspecified atom stereocenters. The monoisotopic (exact) mass is 481 g/mol. The Bertz CT molecular complexity index is 1120. The highest BCUT2D eigenvalue weighted by Gasteiger charge is 2.24. The molecular weight excluding hydrogens is 454 g/mol. The minimum absolute atomic E-state index is 0.0112. The number of carbonyl (C=O) groups excluding carboxylic acids is 2. The topological polar surface area (TPSA) is 105 Å². The molecule has 7 nitrogen and oxygen atoms in total. The first-order valence-electron chi connectivity index (χ1n) is 10.9. The van der Waals surface area contributed by atoms with Crippen LogP contribution in [0.15, 0.2) is 72.8 Å². The lowest BCUT2D eigenvalue weighted by atomic mass is 10.1. The lowest BCUT2D eigenvalue weighted by Gasteiger charge is -2.30. The van der Waals surface area contributed by atoms with Gasteiger partial charge in [0.1, 0.15) is 11.9 Å². The maximum atomic E-state index is 12.9. The average molecular weight is 482 g/mol. The maximum Gasteiger partial charge on any atom is 0.410 e. The molecule has 3 aromatic rings. The summed E-state index contributed by atoms with van der Waals surface area (Å²) < 4.78 is 5.70. The Hall–Kier alpha value is -3.55. The minimum Gasteiger partial charge on any atom is -0.506 e. The predicted molar refractivity (Wildman–Crippen MR) is 133 cm³/mol. The summed E-state index contributed by atoms with van der Waals surface area (Å²) >= 11 is 5.97. The number of phenols is 1. The molecule has 0 aromatic heterocycles. The highest BCUT2D eigenvalue weighted by Crippen LogP contribution is 2.26. The SMILES string of the molecule is C[C@@H](OC(=O)N(CCN)[C@@H](C)c1ccc(Cl)cc1)c1ccc(C(=O)Nc2ccccc2O)cc1. The molecule has 3 rings (SSSR count). The molecule has 3 aromatic carbocycles. The van der Waals surface area contributed by atoms with E-state index in [0.29, 0.717) is 29.4 Å². The average Bonchev–Trinajstić information content (AvgIpc) is 2.84. The Morgan fingerprint density at radius 1 is 1.00 bits per heavy atom. The molecule has 2 amide bonds. The fraction of sp³-hybridized carbons (Fsp3) is 0.231. The number of carbonyl (C=O) groups is 2. The number of para-hydroxylation sites is 2. The molecule has 0 saturated heterocycles. The summed E-state index contributed by atoms with van der Waals surface area (Å²) in [6.07, 6.45) is -1.03. The third kappa shape index (κ3) is 6.27. The van der Waals surface area contributed by atoms with Crippen LogP contribution in [-0.4, -0.2) is 35.1 Å². The van der Waals surface area contributed by atoms with Crippen molar-refractivity contribution in [1.82, 2.24) is 4.90 Å². The van der Waals surface area contributed by atoms with Gasteiger partial charge in [-0.25, -0.2) is 4.79 Å². The van der Waals surface area contributed by atoms with E-state index in [4.69, 9.17) is 22.1 Å². The molecule has 4 N–H and O–H groups in total. The van der Waals surface area contributed by atoms with Crippen LogP contribution in [0.5, 0.6) is 5.75 Å². The van der Waals surface area contributed by atoms with E-state index in [2.05, 4.69) is 5.32 Å². The van der Waals surface area contributed by atoms with Crippen LogP contribution in [0.25, 0.3) is 0 Å². The summed E-state index contributed by atoms with van der Waals surface area (Å²) in [5.74, 6) is -0.369. The second-order valence-corrected chi connectivity index (χ2v) is 8.27. The molecule has 0 spiro atoms. The highest BCUT2D eigenvalue weighted by atomic mass is 35.5. The van der Waals surface area contributed by atoms with Crippen molar-refractivity contribution in [3.05, 3.63) is 94.5 Å². The molecule has 0 bridgehead atoms. The van der Waals surface area contributed by atoms with Crippen molar-refractivity contribution < 1.29 is 19.4 Å². The van der Waals surface area contributed by atoms with Gasteiger partial charge >= 0.3 is 6.09 Å². The van der Waals surface area contributed by atoms with Crippen molar-refractivity contribution in [1.29, 1.82) is 0 Å². The number of anilines is 1. The van der Waals surface area contributed by atoms with Crippen LogP contribution in [0.3, 0.4) is 0 Å². The van der Waals surface area contributed by atoms with Crippen molar-refractivity contribution in [3.63, 3.8) is 0 Å². The second kappa shape index (κ2) is 11.5. The van der Waals surface area contributed by atoms with Crippen molar-refractivity contribution in [3.8, 4) is 5.75 Å². The molecule has 34 heavy (non-hydrogen) atoms. The van der Waals surface area contributed by atoms with E-state index in [0.717, 1.165) is 11.1 Å². The molecule has 0 fully saturated rings. The Kier molecular flexibility index (Phi) is 8.51. The Labute approximate surface area is 204 Å². The number of nitrogens with one attached hydrogen (secondary N) is 1. The summed E-state index contributed by atoms with van der Waals surface area (Å²) in [5, 5.41) is 13.1. The van der Waals surface area contributed by atoms with E-state index in [1.807, 2.05) is 19.1 Å². The van der Waals surface area contributed by atoms with E-state index in [9.17, 15) is 14.7 Å². The molecule has 178 valence electrons. The van der Waals surface area contributed by atoms with E-state index in [-0.39, 0.29) is 17.7 Å². The van der Waals surface area contributed by atoms with Crippen LogP contribution in [-0.2, 0) is 4.74 Å². The first-order chi connectivity index (χ1) is 16.3. The summed E-state index contributed by atoms with van der Waals surface area (Å²) in [7, 11) is 0. The van der Waals surface area contributed by atoms with Gasteiger partial charge in [-0.2, -0.15) is 0 Å². The molecule has 0 heterocycles. The second-order valence-electron chi connectivity index (χ2n) is 7.83. The van der Waals surface area contributed by atoms with Crippen LogP contribution >= 0.6 is 11.6 Å². The van der Waals surface area contributed by atoms with Gasteiger partial charge in [-0.3, -0.25) is 4.79 Å². The number of ether oxygens (including phenoxy) is 1. The number of phenolic OH excluding ortho intramolecular Hbond substituents is 1. The van der Waals surface area contributed by atoms with Crippen LogP contribution in [0.4, 0.5) is 10.5 Å². The van der Waals surface area contributed by atoms with Crippen LogP contribution in [0.2, 0.25) is 5.02 Å². The zero-order valence-corrected chi connectivity index (χ0v) is 19.8. The molecule has 0 saturated carbocycles. The third-order valence-electron chi connectivity index (χ3n) is 5.50. The van der Waals surface area contributed by atoms with Gasteiger partial charge in [-0.15, -0.1) is 0 Å². The third-order valence-corrected chi connectivity index (χ3v) is 5.75. The minimum atomic E-state index is -0.541. The van der Waals surface area contributed by atoms with Gasteiger partial charge in [0.15, 0.2) is 0 Å². The quantitative estimate of drug-likeness (QED) is 0.367. The van der Waals surface area contributed by atoms with Crippen LogP contribution in [0.1, 0.15) is 47.5 Å². The summed E-state index contributed by atoms with van der Waals surface area (Å²) in [5.41, 5.74) is 8.13. The number of nitrogens with zero attached hydrogens (tertiary/aromatic N) is 1. The number of aromatic hydroxyl groups is 1. The Morgan fingerprint density at radius 2 is 1.62 bits per heavy atom. The van der Waals surface area contributed by atoms with Crippen molar-refractivity contribution in [2.45, 2.75) is 26.0 Å². The zero-order chi connectivity index (χ0) is 24.7. The standard InChI is InChI=1S/C26H28ClN3O4/c1-17(19-11-13-22(27)14-12-19)30(16-15-28)26(33)34-18(2)20-7-9-21(10-8-20)25(32)29-23-5-3-4-6-24(23)31/h3-14,17-18,31H,15-16,28H2,1-2H3,(H,29,32)/t17-,18+/m0/s1. The molecule has 8 heteroatoms. The van der Waals surface area contributed by atoms with E-state index in [1.54, 1.807) is 66.4 Å². The molecule has 2 atom stereocenters. The fourth-order valence-electron chi connectivity index (χ4n) is 3.47. The lowest BCUT2D eigenvalue weighted by molar-refractivity contribution is 0.0596. The number of rotatable bonds is 8. The van der Waals surface area contributed by atoms with Crippen molar-refractivity contribution >= 4 is 29.3 Å². The van der Waals surface area contributed by atoms with Gasteiger partial charge in [-0.1, -0.05) is 48.0 Å². The molecule has 0 aliphatic heterocycles. The maximum absolute atomic E-state index is 12.9. The molecule has 0 radical (unpaired) electrons. The van der Waals surface area contributed by atoms with Gasteiger partial charge in [0.05, 0.1) is 11.7 Å². The van der Waals surface area contributed by atoms with Gasteiger partial charge in [0.2, 0.25) is 0 Å². The number of hydrogen-bond donors (Lipinski definition) is 3. The van der Waals surface area contributed by atoms with Crippen molar-refractivity contribution in [2.75, 3.05) is 18.4 Å². The first kappa shape index (κ1) is 25.1. The van der Waals surface area contributed by atoms with Gasteiger partial charge < -0.3 is 25.8 Å². The largest absolute Gasteiger partial charge is 0.506 e. The lowest BCUT2D eigenvalue weighted by Crippen LogP contribution is -2.38. The van der Waals surface area contributed by atoms with Crippen LogP contribution < -0.4 is 11.1 Å². The van der Waals surface area contributed by atoms with Crippen molar-refractivity contribution in [2.24, 2.45) is 5.73 Å². The van der Waals surface area contributed by atoms with Crippen LogP contribution in [0, 0.1) is 0 Å². The molecule has 0 aliphatic carbocycles. The first-order valence-corrected chi connectivity index (χ1v) is 11.3. The van der Waals surface area contributed by atoms with E-state index < -0.39 is 12.2 Å². The molecule has 0 aliphatic rings. The number of benzene rings is 3. The number of nitrogens with two attached hydrogens (primary N) is 1. The fourth-order valence-corrected chi connectivity index (χ4v) is 3.60. The van der Waals surface area contributed by atoms with Gasteiger partial charge in [0.25, 0.3) is 5.91 Å². The number of amides is 2. The summed E-state index contributed by atoms with van der Waals surface area (Å²) in [6, 6.07) is 20.3. The number of halogens is 1. The smallest absolute Gasteiger partial charge is 0.410 e.